The monoisotopic (exact) mass is 393 g/mol. The van der Waals surface area contributed by atoms with Gasteiger partial charge in [-0.3, -0.25) is 4.79 Å². The van der Waals surface area contributed by atoms with E-state index in [-0.39, 0.29) is 11.9 Å². The third kappa shape index (κ3) is 2.46. The molecule has 4 rings (SSSR count). The molecule has 0 spiro atoms. The van der Waals surface area contributed by atoms with E-state index in [4.69, 9.17) is 16.0 Å². The van der Waals surface area contributed by atoms with Crippen LogP contribution in [-0.2, 0) is 6.42 Å². The van der Waals surface area contributed by atoms with Crippen LogP contribution in [0.4, 0.5) is 0 Å². The quantitative estimate of drug-likeness (QED) is 0.624. The zero-order valence-corrected chi connectivity index (χ0v) is 14.6. The predicted molar refractivity (Wildman–Crippen MR) is 89.8 cm³/mol. The third-order valence-corrected chi connectivity index (χ3v) is 4.84. The average Bonchev–Trinajstić information content (AvgIpc) is 3.09. The van der Waals surface area contributed by atoms with E-state index in [0.717, 1.165) is 27.7 Å². The van der Waals surface area contributed by atoms with Gasteiger partial charge in [-0.25, -0.2) is 4.52 Å². The van der Waals surface area contributed by atoms with Crippen LogP contribution in [0.25, 0.3) is 5.52 Å². The van der Waals surface area contributed by atoms with Crippen molar-refractivity contribution in [3.8, 4) is 0 Å². The molecular weight excluding hydrogens is 382 g/mol. The number of aromatic nitrogens is 2. The number of halogens is 2. The second-order valence-corrected chi connectivity index (χ2v) is 6.90. The first-order valence-corrected chi connectivity index (χ1v) is 8.44. The molecule has 1 unspecified atom stereocenters. The summed E-state index contributed by atoms with van der Waals surface area (Å²) in [7, 11) is 0. The molecule has 0 radical (unpaired) electrons. The van der Waals surface area contributed by atoms with Crippen molar-refractivity contribution in [1.82, 2.24) is 14.5 Å². The number of rotatable bonds is 1. The van der Waals surface area contributed by atoms with Crippen LogP contribution < -0.4 is 0 Å². The molecule has 5 nitrogen and oxygen atoms in total. The highest BCUT2D eigenvalue weighted by Crippen LogP contribution is 2.34. The van der Waals surface area contributed by atoms with Gasteiger partial charge in [0.05, 0.1) is 11.6 Å². The summed E-state index contributed by atoms with van der Waals surface area (Å²) < 4.78 is 8.15. The first-order chi connectivity index (χ1) is 11.0. The molecule has 4 heterocycles. The van der Waals surface area contributed by atoms with Gasteiger partial charge in [0.15, 0.2) is 10.9 Å². The summed E-state index contributed by atoms with van der Waals surface area (Å²) in [6.07, 6.45) is 2.57. The van der Waals surface area contributed by atoms with E-state index in [2.05, 4.69) is 21.0 Å². The van der Waals surface area contributed by atoms with Gasteiger partial charge in [0.2, 0.25) is 0 Å². The maximum atomic E-state index is 12.8. The average molecular weight is 395 g/mol. The molecule has 1 aliphatic heterocycles. The molecule has 0 fully saturated rings. The van der Waals surface area contributed by atoms with Crippen LogP contribution in [0.2, 0.25) is 5.22 Å². The second-order valence-electron chi connectivity index (χ2n) is 5.61. The van der Waals surface area contributed by atoms with E-state index < -0.39 is 0 Å². The summed E-state index contributed by atoms with van der Waals surface area (Å²) >= 11 is 9.34. The Balaban J connectivity index is 1.68. The highest BCUT2D eigenvalue weighted by Gasteiger charge is 2.32. The van der Waals surface area contributed by atoms with Crippen molar-refractivity contribution in [3.63, 3.8) is 0 Å². The molecule has 3 aromatic heterocycles. The summed E-state index contributed by atoms with van der Waals surface area (Å²) in [5.41, 5.74) is 2.38. The van der Waals surface area contributed by atoms with Gasteiger partial charge >= 0.3 is 0 Å². The molecule has 0 aliphatic carbocycles. The summed E-state index contributed by atoms with van der Waals surface area (Å²) in [5.74, 6) is 0.664. The van der Waals surface area contributed by atoms with Gasteiger partial charge in [-0.1, -0.05) is 0 Å². The number of furan rings is 1. The molecule has 23 heavy (non-hydrogen) atoms. The molecule has 0 bridgehead atoms. The lowest BCUT2D eigenvalue weighted by atomic mass is 10.0. The van der Waals surface area contributed by atoms with Crippen LogP contribution in [0.1, 0.15) is 34.8 Å². The van der Waals surface area contributed by atoms with Crippen molar-refractivity contribution >= 4 is 39.0 Å². The molecule has 3 aromatic rings. The molecule has 0 saturated heterocycles. The minimum atomic E-state index is -0.157. The lowest BCUT2D eigenvalue weighted by Crippen LogP contribution is -2.38. The van der Waals surface area contributed by atoms with Crippen LogP contribution in [0.15, 0.2) is 39.4 Å². The summed E-state index contributed by atoms with van der Waals surface area (Å²) in [6.45, 7) is 2.57. The minimum absolute atomic E-state index is 0.101. The fraction of sp³-hybridized carbons (Fsp3) is 0.250. The van der Waals surface area contributed by atoms with Crippen molar-refractivity contribution in [2.45, 2.75) is 19.4 Å². The van der Waals surface area contributed by atoms with Crippen molar-refractivity contribution in [2.75, 3.05) is 6.54 Å². The van der Waals surface area contributed by atoms with Crippen molar-refractivity contribution in [2.24, 2.45) is 0 Å². The first-order valence-electron chi connectivity index (χ1n) is 7.27. The zero-order chi connectivity index (χ0) is 16.1. The van der Waals surface area contributed by atoms with Gasteiger partial charge in [-0.05, 0) is 70.7 Å². The van der Waals surface area contributed by atoms with Gasteiger partial charge in [-0.2, -0.15) is 5.10 Å². The van der Waals surface area contributed by atoms with Gasteiger partial charge in [0.25, 0.3) is 5.91 Å². The molecule has 7 heteroatoms. The van der Waals surface area contributed by atoms with Gasteiger partial charge in [-0.15, -0.1) is 0 Å². The molecule has 118 valence electrons. The number of hydrogen-bond acceptors (Lipinski definition) is 3. The highest BCUT2D eigenvalue weighted by molar-refractivity contribution is 9.10. The number of fused-ring (bicyclic) bond motifs is 2. The highest BCUT2D eigenvalue weighted by atomic mass is 79.9. The van der Waals surface area contributed by atoms with Crippen LogP contribution >= 0.6 is 27.5 Å². The summed E-state index contributed by atoms with van der Waals surface area (Å²) in [4.78, 5) is 14.6. The van der Waals surface area contributed by atoms with E-state index in [1.807, 2.05) is 31.3 Å². The largest absolute Gasteiger partial charge is 0.447 e. The van der Waals surface area contributed by atoms with E-state index in [9.17, 15) is 4.79 Å². The molecule has 1 aliphatic rings. The van der Waals surface area contributed by atoms with Gasteiger partial charge < -0.3 is 9.32 Å². The normalized spacial score (nSPS) is 17.5. The Hall–Kier alpha value is -1.79. The van der Waals surface area contributed by atoms with Crippen molar-refractivity contribution in [3.05, 3.63) is 57.2 Å². The van der Waals surface area contributed by atoms with E-state index in [0.29, 0.717) is 17.5 Å². The maximum absolute atomic E-state index is 12.8. The Kier molecular flexibility index (Phi) is 3.46. The Morgan fingerprint density at radius 1 is 1.43 bits per heavy atom. The molecule has 0 N–H and O–H groups in total. The molecule has 1 atom stereocenters. The molecular formula is C16H13BrClN3O2. The van der Waals surface area contributed by atoms with E-state index >= 15 is 0 Å². The standard InChI is InChI=1S/C16H13BrClN3O2/c1-9-15-10(6-14(18)23-15)4-5-20(9)16(22)13-7-12-3-2-11(17)8-21(12)19-13/h2-3,6-9H,4-5H2,1H3. The fourth-order valence-electron chi connectivity index (χ4n) is 3.02. The number of amides is 1. The predicted octanol–water partition coefficient (Wildman–Crippen LogP) is 4.10. The van der Waals surface area contributed by atoms with E-state index in [1.54, 1.807) is 15.5 Å². The number of pyridine rings is 1. The molecule has 0 saturated carbocycles. The Labute approximate surface area is 146 Å². The topological polar surface area (TPSA) is 50.8 Å². The lowest BCUT2D eigenvalue weighted by molar-refractivity contribution is 0.0646. The number of carbonyl (C=O) groups is 1. The molecule has 0 aromatic carbocycles. The summed E-state index contributed by atoms with van der Waals surface area (Å²) in [5, 5.41) is 4.75. The number of carbonyl (C=O) groups excluding carboxylic acids is 1. The van der Waals surface area contributed by atoms with Crippen LogP contribution in [0.3, 0.4) is 0 Å². The van der Waals surface area contributed by atoms with Gasteiger partial charge in [0.1, 0.15) is 5.76 Å². The fourth-order valence-corrected chi connectivity index (χ4v) is 3.56. The van der Waals surface area contributed by atoms with Gasteiger partial charge in [0, 0.05) is 17.2 Å². The lowest BCUT2D eigenvalue weighted by Gasteiger charge is -2.31. The Morgan fingerprint density at radius 3 is 3.09 bits per heavy atom. The van der Waals surface area contributed by atoms with E-state index in [1.165, 1.54) is 0 Å². The molecule has 1 amide bonds. The summed E-state index contributed by atoms with van der Waals surface area (Å²) in [6, 6.07) is 7.31. The van der Waals surface area contributed by atoms with Crippen LogP contribution in [0, 0.1) is 0 Å². The SMILES string of the molecule is CC1c2oc(Cl)cc2CCN1C(=O)c1cc2ccc(Br)cn2n1. The Morgan fingerprint density at radius 2 is 2.26 bits per heavy atom. The first kappa shape index (κ1) is 14.8. The smallest absolute Gasteiger partial charge is 0.275 e. The van der Waals surface area contributed by atoms with Crippen molar-refractivity contribution < 1.29 is 9.21 Å². The van der Waals surface area contributed by atoms with Crippen LogP contribution in [0.5, 0.6) is 0 Å². The maximum Gasteiger partial charge on any atom is 0.275 e. The number of hydrogen-bond donors (Lipinski definition) is 0. The number of nitrogens with zero attached hydrogens (tertiary/aromatic N) is 3. The van der Waals surface area contributed by atoms with Crippen molar-refractivity contribution in [1.29, 1.82) is 0 Å². The minimum Gasteiger partial charge on any atom is -0.447 e. The zero-order valence-electron chi connectivity index (χ0n) is 12.3. The third-order valence-electron chi connectivity index (χ3n) is 4.18. The second kappa shape index (κ2) is 5.39. The van der Waals surface area contributed by atoms with Crippen LogP contribution in [-0.4, -0.2) is 27.0 Å². The Bertz CT molecular complexity index is 917.